The van der Waals surface area contributed by atoms with E-state index in [0.29, 0.717) is 34.4 Å². The quantitative estimate of drug-likeness (QED) is 0.204. The van der Waals surface area contributed by atoms with E-state index in [9.17, 15) is 0 Å². The Bertz CT molecular complexity index is 1040. The van der Waals surface area contributed by atoms with E-state index < -0.39 is 0 Å². The summed E-state index contributed by atoms with van der Waals surface area (Å²) in [4.78, 5) is 9.71. The van der Waals surface area contributed by atoms with Crippen molar-refractivity contribution in [2.75, 3.05) is 0 Å². The molecular formula is C25H28IN4O-. The number of nitrogens with zero attached hydrogens (tertiary/aromatic N) is 4. The van der Waals surface area contributed by atoms with Crippen LogP contribution in [0.5, 0.6) is 0 Å². The summed E-state index contributed by atoms with van der Waals surface area (Å²) in [5.74, 6) is 0.893. The molecule has 2 bridgehead atoms. The predicted octanol–water partition coefficient (Wildman–Crippen LogP) is 1.89. The van der Waals surface area contributed by atoms with Gasteiger partial charge in [0.1, 0.15) is 12.7 Å². The molecule has 2 unspecified atom stereocenters. The Labute approximate surface area is 194 Å². The van der Waals surface area contributed by atoms with Crippen LogP contribution in [0.25, 0.3) is 11.1 Å². The molecule has 2 aliphatic heterocycles. The predicted molar refractivity (Wildman–Crippen MR) is 119 cm³/mol. The molecule has 0 amide bonds. The van der Waals surface area contributed by atoms with Crippen molar-refractivity contribution in [1.29, 1.82) is 0 Å². The molecule has 6 heteroatoms. The summed E-state index contributed by atoms with van der Waals surface area (Å²) >= 11 is 0.547. The van der Waals surface area contributed by atoms with Crippen LogP contribution in [0, 0.1) is 5.41 Å². The minimum atomic E-state index is -0.107. The van der Waals surface area contributed by atoms with Crippen LogP contribution in [0.15, 0.2) is 66.3 Å². The molecule has 1 aliphatic carbocycles. The van der Waals surface area contributed by atoms with Crippen LogP contribution in [0.3, 0.4) is 0 Å². The first-order valence-corrected chi connectivity index (χ1v) is 13.3. The van der Waals surface area contributed by atoms with Crippen LogP contribution in [0.4, 0.5) is 0 Å². The summed E-state index contributed by atoms with van der Waals surface area (Å²) in [6.45, 7) is 7.40. The average molecular weight is 527 g/mol. The molecule has 3 aliphatic rings. The fourth-order valence-electron chi connectivity index (χ4n) is 3.98. The zero-order valence-corrected chi connectivity index (χ0v) is 20.4. The minimum absolute atomic E-state index is 0.107. The number of halogens is 1. The summed E-state index contributed by atoms with van der Waals surface area (Å²) in [7, 11) is 0. The Morgan fingerprint density at radius 2 is 1.71 bits per heavy atom. The van der Waals surface area contributed by atoms with Crippen LogP contribution in [-0.2, 0) is 18.0 Å². The Balaban J connectivity index is 1.20. The zero-order valence-electron chi connectivity index (χ0n) is 18.2. The molecule has 0 spiro atoms. The van der Waals surface area contributed by atoms with Crippen LogP contribution < -0.4 is 21.2 Å². The third-order valence-corrected chi connectivity index (χ3v) is 10.6. The van der Waals surface area contributed by atoms with E-state index in [-0.39, 0.29) is 5.41 Å². The number of hydrogen-bond acceptors (Lipinski definition) is 4. The number of alkyl halides is 2. The van der Waals surface area contributed by atoms with E-state index in [1.807, 2.05) is 0 Å². The van der Waals surface area contributed by atoms with Crippen LogP contribution in [0.2, 0.25) is 0 Å². The second-order valence-corrected chi connectivity index (χ2v) is 13.3. The molecule has 31 heavy (non-hydrogen) atoms. The Kier molecular flexibility index (Phi) is 5.58. The Morgan fingerprint density at radius 1 is 1.06 bits per heavy atom. The van der Waals surface area contributed by atoms with Gasteiger partial charge in [0.05, 0.1) is 12.3 Å². The maximum absolute atomic E-state index is 5.71. The van der Waals surface area contributed by atoms with Crippen molar-refractivity contribution in [3.05, 3.63) is 72.3 Å². The fourth-order valence-corrected chi connectivity index (χ4v) is 7.91. The van der Waals surface area contributed by atoms with E-state index in [4.69, 9.17) is 4.84 Å². The summed E-state index contributed by atoms with van der Waals surface area (Å²) in [5, 5.41) is 8.60. The molecule has 0 radical (unpaired) electrons. The van der Waals surface area contributed by atoms with Gasteiger partial charge >= 0.3 is 124 Å². The van der Waals surface area contributed by atoms with Crippen molar-refractivity contribution in [2.24, 2.45) is 10.6 Å². The fraction of sp³-hybridized carbons (Fsp3) is 0.400. The molecule has 0 N–H and O–H groups in total. The number of oxime groups is 1. The monoisotopic (exact) mass is 527 g/mol. The second kappa shape index (κ2) is 8.37. The molecule has 1 aromatic heterocycles. The summed E-state index contributed by atoms with van der Waals surface area (Å²) in [6, 6.07) is 17.8. The van der Waals surface area contributed by atoms with Gasteiger partial charge in [0.25, 0.3) is 0 Å². The third-order valence-electron chi connectivity index (χ3n) is 6.19. The van der Waals surface area contributed by atoms with Crippen LogP contribution in [-0.4, -0.2) is 28.3 Å². The number of benzene rings is 2. The maximum atomic E-state index is 5.71. The summed E-state index contributed by atoms with van der Waals surface area (Å²) in [6.07, 6.45) is 4.74. The van der Waals surface area contributed by atoms with Gasteiger partial charge in [-0.1, -0.05) is 25.9 Å². The first-order valence-electron chi connectivity index (χ1n) is 10.8. The number of rotatable bonds is 7. The van der Waals surface area contributed by atoms with E-state index >= 15 is 0 Å². The van der Waals surface area contributed by atoms with Gasteiger partial charge in [-0.15, -0.1) is 0 Å². The van der Waals surface area contributed by atoms with Gasteiger partial charge < -0.3 is 0 Å². The molecule has 1 saturated carbocycles. The third kappa shape index (κ3) is 4.40. The molecule has 3 heterocycles. The summed E-state index contributed by atoms with van der Waals surface area (Å²) < 4.78 is 3.92. The van der Waals surface area contributed by atoms with E-state index in [1.165, 1.54) is 23.9 Å². The normalized spacial score (nSPS) is 22.8. The standard InChI is InChI=1S/C25H28IN4O/c1-25(2,3)23(13-30-16-27-15-28-30)29-31-14-17-4-6-18(7-5-17)19-8-10-20(11-9-19)24-21-12-22(24)26-21/h4-11,15-16,21-22,24H,12-14H2,1-3H3/q-1/b29-23+. The van der Waals surface area contributed by atoms with Crippen molar-refractivity contribution in [2.45, 2.75) is 54.1 Å². The topological polar surface area (TPSA) is 52.3 Å². The van der Waals surface area contributed by atoms with Gasteiger partial charge in [-0.3, -0.25) is 0 Å². The molecule has 2 atom stereocenters. The van der Waals surface area contributed by atoms with E-state index in [2.05, 4.69) is 84.5 Å². The van der Waals surface area contributed by atoms with Crippen LogP contribution in [0.1, 0.15) is 44.2 Å². The first kappa shape index (κ1) is 20.7. The second-order valence-electron chi connectivity index (χ2n) is 9.39. The van der Waals surface area contributed by atoms with Gasteiger partial charge in [-0.2, -0.15) is 5.10 Å². The van der Waals surface area contributed by atoms with Crippen molar-refractivity contribution in [1.82, 2.24) is 14.8 Å². The molecule has 3 aromatic rings. The Hall–Kier alpha value is -2.22. The van der Waals surface area contributed by atoms with Crippen molar-refractivity contribution in [3.8, 4) is 11.1 Å². The van der Waals surface area contributed by atoms with E-state index in [1.54, 1.807) is 16.6 Å². The molecular weight excluding hydrogens is 499 g/mol. The van der Waals surface area contributed by atoms with E-state index in [0.717, 1.165) is 25.0 Å². The number of aromatic nitrogens is 3. The molecule has 3 fully saturated rings. The van der Waals surface area contributed by atoms with Crippen molar-refractivity contribution < 1.29 is 26.0 Å². The van der Waals surface area contributed by atoms with Crippen molar-refractivity contribution in [3.63, 3.8) is 0 Å². The van der Waals surface area contributed by atoms with Gasteiger partial charge in [0.15, 0.2) is 0 Å². The SMILES string of the molecule is CC(C)(C)/C(Cn1cncn1)=N/OCc1ccc(-c2ccc(C3C4CC3[I-]4)cc2)cc1. The molecule has 5 nitrogen and oxygen atoms in total. The number of hydrogen-bond donors (Lipinski definition) is 0. The molecule has 6 rings (SSSR count). The Morgan fingerprint density at radius 3 is 2.23 bits per heavy atom. The molecule has 162 valence electrons. The molecule has 2 aromatic carbocycles. The van der Waals surface area contributed by atoms with Gasteiger partial charge in [-0.05, 0) is 0 Å². The van der Waals surface area contributed by atoms with Gasteiger partial charge in [0.2, 0.25) is 0 Å². The zero-order chi connectivity index (χ0) is 21.4. The van der Waals surface area contributed by atoms with Gasteiger partial charge in [0, 0.05) is 5.41 Å². The molecule has 2 saturated heterocycles. The van der Waals surface area contributed by atoms with Gasteiger partial charge in [-0.25, -0.2) is 9.67 Å². The average Bonchev–Trinajstić information content (AvgIpc) is 3.19. The summed E-state index contributed by atoms with van der Waals surface area (Å²) in [5.41, 5.74) is 6.01. The first-order chi connectivity index (χ1) is 15.0. The van der Waals surface area contributed by atoms with Crippen LogP contribution >= 0.6 is 0 Å². The van der Waals surface area contributed by atoms with Crippen molar-refractivity contribution >= 4 is 5.71 Å².